The maximum absolute atomic E-state index is 12.5. The molecule has 140 valence electrons. The van der Waals surface area contributed by atoms with E-state index in [2.05, 4.69) is 0 Å². The average Bonchev–Trinajstić information content (AvgIpc) is 3.19. The van der Waals surface area contributed by atoms with E-state index in [1.807, 2.05) is 4.90 Å². The fourth-order valence-electron chi connectivity index (χ4n) is 3.85. The lowest BCUT2D eigenvalue weighted by atomic mass is 10.0. The lowest BCUT2D eigenvalue weighted by molar-refractivity contribution is -0.384. The van der Waals surface area contributed by atoms with E-state index in [1.165, 1.54) is 49.9 Å². The summed E-state index contributed by atoms with van der Waals surface area (Å²) in [5.74, 6) is 0.765. The van der Waals surface area contributed by atoms with Crippen LogP contribution in [-0.2, 0) is 4.79 Å². The molecule has 7 nitrogen and oxygen atoms in total. The molecule has 0 bridgehead atoms. The predicted octanol–water partition coefficient (Wildman–Crippen LogP) is 2.85. The van der Waals surface area contributed by atoms with Crippen molar-refractivity contribution >= 4 is 17.5 Å². The number of piperazine rings is 1. The molecule has 1 saturated heterocycles. The van der Waals surface area contributed by atoms with Gasteiger partial charge in [-0.2, -0.15) is 0 Å². The molecule has 0 spiro atoms. The monoisotopic (exact) mass is 359 g/mol. The molecule has 2 fully saturated rings. The quantitative estimate of drug-likeness (QED) is 0.598. The van der Waals surface area contributed by atoms with Gasteiger partial charge in [-0.15, -0.1) is 0 Å². The molecule has 0 N–H and O–H groups in total. The highest BCUT2D eigenvalue weighted by atomic mass is 16.6. The summed E-state index contributed by atoms with van der Waals surface area (Å²) in [6, 6.07) is 5.66. The predicted molar refractivity (Wildman–Crippen MR) is 96.8 cm³/mol. The van der Waals surface area contributed by atoms with E-state index in [0.29, 0.717) is 44.1 Å². The van der Waals surface area contributed by atoms with Gasteiger partial charge in [-0.05, 0) is 24.5 Å². The topological polar surface area (TPSA) is 83.8 Å². The lowest BCUT2D eigenvalue weighted by Gasteiger charge is -2.35. The number of rotatable bonds is 5. The minimum atomic E-state index is -0.482. The van der Waals surface area contributed by atoms with Gasteiger partial charge in [0.1, 0.15) is 0 Å². The smallest absolute Gasteiger partial charge is 0.269 e. The van der Waals surface area contributed by atoms with Crippen molar-refractivity contribution in [2.45, 2.75) is 38.5 Å². The number of carbonyl (C=O) groups excluding carboxylic acids is 2. The van der Waals surface area contributed by atoms with Crippen LogP contribution in [0.25, 0.3) is 0 Å². The van der Waals surface area contributed by atoms with Crippen LogP contribution in [0, 0.1) is 16.0 Å². The molecule has 2 amide bonds. The summed E-state index contributed by atoms with van der Waals surface area (Å²) >= 11 is 0. The fraction of sp³-hybridized carbons (Fsp3) is 0.579. The van der Waals surface area contributed by atoms with E-state index in [0.717, 1.165) is 6.42 Å². The lowest BCUT2D eigenvalue weighted by Crippen LogP contribution is -2.50. The fourth-order valence-corrected chi connectivity index (χ4v) is 3.85. The third-order valence-electron chi connectivity index (χ3n) is 5.49. The van der Waals surface area contributed by atoms with Crippen molar-refractivity contribution in [3.8, 4) is 0 Å². The molecular formula is C19H25N3O4. The van der Waals surface area contributed by atoms with Gasteiger partial charge >= 0.3 is 0 Å². The van der Waals surface area contributed by atoms with Crippen molar-refractivity contribution in [3.63, 3.8) is 0 Å². The van der Waals surface area contributed by atoms with Crippen LogP contribution in [0.1, 0.15) is 48.9 Å². The summed E-state index contributed by atoms with van der Waals surface area (Å²) in [7, 11) is 0. The summed E-state index contributed by atoms with van der Waals surface area (Å²) in [4.78, 5) is 38.6. The highest BCUT2D eigenvalue weighted by Crippen LogP contribution is 2.28. The Morgan fingerprint density at radius 3 is 2.15 bits per heavy atom. The minimum absolute atomic E-state index is 0.0285. The van der Waals surface area contributed by atoms with Crippen molar-refractivity contribution in [3.05, 3.63) is 39.9 Å². The Kier molecular flexibility index (Phi) is 5.85. The zero-order chi connectivity index (χ0) is 18.5. The van der Waals surface area contributed by atoms with Crippen molar-refractivity contribution in [2.24, 2.45) is 5.92 Å². The molecule has 2 aliphatic rings. The number of carbonyl (C=O) groups is 2. The van der Waals surface area contributed by atoms with Crippen molar-refractivity contribution in [1.29, 1.82) is 0 Å². The Morgan fingerprint density at radius 2 is 1.58 bits per heavy atom. The van der Waals surface area contributed by atoms with Crippen LogP contribution in [-0.4, -0.2) is 52.7 Å². The van der Waals surface area contributed by atoms with Crippen molar-refractivity contribution < 1.29 is 14.5 Å². The molecule has 1 saturated carbocycles. The number of hydrogen-bond acceptors (Lipinski definition) is 4. The standard InChI is InChI=1S/C19H25N3O4/c23-18(10-5-15-3-1-2-4-15)20-11-13-21(14-12-20)19(24)16-6-8-17(9-7-16)22(25)26/h6-9,15H,1-5,10-14H2. The maximum atomic E-state index is 12.5. The molecule has 1 aliphatic heterocycles. The van der Waals surface area contributed by atoms with Crippen LogP contribution < -0.4 is 0 Å². The Labute approximate surface area is 153 Å². The van der Waals surface area contributed by atoms with Crippen molar-refractivity contribution in [1.82, 2.24) is 9.80 Å². The van der Waals surface area contributed by atoms with E-state index in [-0.39, 0.29) is 17.5 Å². The van der Waals surface area contributed by atoms with Crippen LogP contribution in [0.3, 0.4) is 0 Å². The van der Waals surface area contributed by atoms with E-state index in [4.69, 9.17) is 0 Å². The summed E-state index contributed by atoms with van der Waals surface area (Å²) in [6.07, 6.45) is 6.70. The van der Waals surface area contributed by atoms with E-state index < -0.39 is 4.92 Å². The number of nitrogens with zero attached hydrogens (tertiary/aromatic N) is 3. The molecule has 0 aromatic heterocycles. The first-order chi connectivity index (χ1) is 12.5. The molecular weight excluding hydrogens is 334 g/mol. The Morgan fingerprint density at radius 1 is 1.00 bits per heavy atom. The SMILES string of the molecule is O=C(CCC1CCCC1)N1CCN(C(=O)c2ccc([N+](=O)[O-])cc2)CC1. The van der Waals surface area contributed by atoms with Gasteiger partial charge in [0.05, 0.1) is 4.92 Å². The second-order valence-electron chi connectivity index (χ2n) is 7.17. The molecule has 0 atom stereocenters. The number of nitro benzene ring substituents is 1. The Balaban J connectivity index is 1.47. The summed E-state index contributed by atoms with van der Waals surface area (Å²) in [5, 5.41) is 10.7. The Bertz CT molecular complexity index is 660. The normalized spacial score (nSPS) is 18.2. The van der Waals surface area contributed by atoms with E-state index in [9.17, 15) is 19.7 Å². The van der Waals surface area contributed by atoms with Crippen LogP contribution >= 0.6 is 0 Å². The average molecular weight is 359 g/mol. The zero-order valence-corrected chi connectivity index (χ0v) is 14.9. The molecule has 1 aliphatic carbocycles. The van der Waals surface area contributed by atoms with Crippen LogP contribution in [0.2, 0.25) is 0 Å². The van der Waals surface area contributed by atoms with Gasteiger partial charge in [0.2, 0.25) is 5.91 Å². The minimum Gasteiger partial charge on any atom is -0.339 e. The van der Waals surface area contributed by atoms with Crippen molar-refractivity contribution in [2.75, 3.05) is 26.2 Å². The molecule has 1 aromatic carbocycles. The number of amides is 2. The van der Waals surface area contributed by atoms with E-state index in [1.54, 1.807) is 4.90 Å². The Hall–Kier alpha value is -2.44. The summed E-state index contributed by atoms with van der Waals surface area (Å²) < 4.78 is 0. The number of benzene rings is 1. The third kappa shape index (κ3) is 4.39. The van der Waals surface area contributed by atoms with Gasteiger partial charge in [-0.3, -0.25) is 19.7 Å². The number of nitro groups is 1. The molecule has 3 rings (SSSR count). The van der Waals surface area contributed by atoms with Gasteiger partial charge in [-0.1, -0.05) is 25.7 Å². The molecule has 26 heavy (non-hydrogen) atoms. The largest absolute Gasteiger partial charge is 0.339 e. The summed E-state index contributed by atoms with van der Waals surface area (Å²) in [5.41, 5.74) is 0.413. The first-order valence-corrected chi connectivity index (χ1v) is 9.36. The van der Waals surface area contributed by atoms with Gasteiger partial charge in [0, 0.05) is 50.3 Å². The van der Waals surface area contributed by atoms with Gasteiger partial charge in [-0.25, -0.2) is 0 Å². The second-order valence-corrected chi connectivity index (χ2v) is 7.17. The van der Waals surface area contributed by atoms with Crippen LogP contribution in [0.15, 0.2) is 24.3 Å². The van der Waals surface area contributed by atoms with E-state index >= 15 is 0 Å². The zero-order valence-electron chi connectivity index (χ0n) is 14.9. The first kappa shape index (κ1) is 18.4. The maximum Gasteiger partial charge on any atom is 0.269 e. The highest BCUT2D eigenvalue weighted by molar-refractivity contribution is 5.94. The molecule has 7 heteroatoms. The first-order valence-electron chi connectivity index (χ1n) is 9.36. The highest BCUT2D eigenvalue weighted by Gasteiger charge is 2.26. The number of non-ortho nitro benzene ring substituents is 1. The number of hydrogen-bond donors (Lipinski definition) is 0. The second kappa shape index (κ2) is 8.29. The van der Waals surface area contributed by atoms with Gasteiger partial charge in [0.25, 0.3) is 11.6 Å². The molecule has 1 heterocycles. The van der Waals surface area contributed by atoms with Gasteiger partial charge in [0.15, 0.2) is 0 Å². The third-order valence-corrected chi connectivity index (χ3v) is 5.49. The molecule has 0 unspecified atom stereocenters. The molecule has 1 aromatic rings. The van der Waals surface area contributed by atoms with Crippen LogP contribution in [0.5, 0.6) is 0 Å². The van der Waals surface area contributed by atoms with Gasteiger partial charge < -0.3 is 9.80 Å². The summed E-state index contributed by atoms with van der Waals surface area (Å²) in [6.45, 7) is 2.13. The molecule has 0 radical (unpaired) electrons. The van der Waals surface area contributed by atoms with Crippen LogP contribution in [0.4, 0.5) is 5.69 Å².